The largest absolute Gasteiger partial charge is 0.387 e. The molecule has 1 aliphatic heterocycles. The Labute approximate surface area is 108 Å². The van der Waals surface area contributed by atoms with Gasteiger partial charge >= 0.3 is 0 Å². The molecule has 1 rings (SSSR count). The van der Waals surface area contributed by atoms with Gasteiger partial charge in [0.1, 0.15) is 18.3 Å². The second-order valence-corrected chi connectivity index (χ2v) is 4.61. The zero-order valence-corrected chi connectivity index (χ0v) is 11.3. The van der Waals surface area contributed by atoms with E-state index < -0.39 is 24.6 Å². The Bertz CT molecular complexity index is 229. The summed E-state index contributed by atoms with van der Waals surface area (Å²) in [6, 6.07) is 0.353. The third-order valence-corrected chi connectivity index (χ3v) is 3.17. The summed E-state index contributed by atoms with van der Waals surface area (Å²) in [5, 5.41) is 22.9. The van der Waals surface area contributed by atoms with Crippen molar-refractivity contribution < 1.29 is 24.4 Å². The van der Waals surface area contributed by atoms with Crippen LogP contribution in [0.15, 0.2) is 0 Å². The Morgan fingerprint density at radius 1 is 1.28 bits per heavy atom. The molecule has 0 aliphatic carbocycles. The fourth-order valence-corrected chi connectivity index (χ4v) is 1.73. The summed E-state index contributed by atoms with van der Waals surface area (Å²) in [6.45, 7) is 5.39. The number of hydrogen-bond acceptors (Lipinski definition) is 6. The van der Waals surface area contributed by atoms with Crippen LogP contribution in [0.5, 0.6) is 0 Å². The summed E-state index contributed by atoms with van der Waals surface area (Å²) in [4.78, 5) is 0. The molecular weight excluding hydrogens is 238 g/mol. The Balaban J connectivity index is 2.33. The molecule has 0 aromatic carbocycles. The molecule has 0 aromatic heterocycles. The molecule has 0 saturated carbocycles. The number of hydrogen-bond donors (Lipinski definition) is 3. The first kappa shape index (κ1) is 15.8. The van der Waals surface area contributed by atoms with Crippen LogP contribution in [0.3, 0.4) is 0 Å². The molecular formula is C12H25NO5. The van der Waals surface area contributed by atoms with Crippen molar-refractivity contribution in [2.24, 2.45) is 0 Å². The van der Waals surface area contributed by atoms with Crippen molar-refractivity contribution in [1.29, 1.82) is 0 Å². The lowest BCUT2D eigenvalue weighted by Gasteiger charge is -2.18. The third kappa shape index (κ3) is 4.46. The van der Waals surface area contributed by atoms with Crippen LogP contribution < -0.4 is 5.32 Å². The predicted octanol–water partition coefficient (Wildman–Crippen LogP) is -0.516. The monoisotopic (exact) mass is 263 g/mol. The van der Waals surface area contributed by atoms with Crippen molar-refractivity contribution >= 4 is 0 Å². The van der Waals surface area contributed by atoms with Crippen molar-refractivity contribution in [2.75, 3.05) is 26.9 Å². The Morgan fingerprint density at radius 2 is 2.00 bits per heavy atom. The van der Waals surface area contributed by atoms with Crippen LogP contribution in [-0.2, 0) is 14.2 Å². The first-order valence-electron chi connectivity index (χ1n) is 6.45. The topological polar surface area (TPSA) is 80.2 Å². The summed E-state index contributed by atoms with van der Waals surface area (Å²) >= 11 is 0. The molecule has 1 fully saturated rings. The number of aliphatic hydroxyl groups excluding tert-OH is 2. The maximum Gasteiger partial charge on any atom is 0.186 e. The van der Waals surface area contributed by atoms with E-state index in [-0.39, 0.29) is 0 Å². The zero-order valence-electron chi connectivity index (χ0n) is 11.3. The van der Waals surface area contributed by atoms with Gasteiger partial charge in [-0.2, -0.15) is 0 Å². The van der Waals surface area contributed by atoms with Gasteiger partial charge in [0.2, 0.25) is 0 Å². The van der Waals surface area contributed by atoms with E-state index in [1.807, 2.05) is 0 Å². The van der Waals surface area contributed by atoms with Gasteiger partial charge in [0, 0.05) is 19.7 Å². The van der Waals surface area contributed by atoms with E-state index in [2.05, 4.69) is 19.2 Å². The van der Waals surface area contributed by atoms with E-state index in [1.54, 1.807) is 7.11 Å². The Kier molecular flexibility index (Phi) is 7.06. The van der Waals surface area contributed by atoms with Crippen molar-refractivity contribution in [3.63, 3.8) is 0 Å². The maximum absolute atomic E-state index is 9.84. The standard InChI is InChI=1S/C12H25NO5/c1-4-8(2)13-7-9-10(14)11(15)12(18-9)17-6-5-16-3/h8-15H,4-7H2,1-3H3/t8?,9-,10-,11-,12-/m1/s1. The lowest BCUT2D eigenvalue weighted by atomic mass is 10.1. The third-order valence-electron chi connectivity index (χ3n) is 3.17. The minimum Gasteiger partial charge on any atom is -0.387 e. The van der Waals surface area contributed by atoms with Crippen LogP contribution in [0.1, 0.15) is 20.3 Å². The SMILES string of the molecule is CCC(C)NC[C@H]1O[C@@H](OCCOC)[C@H](O)[C@@H]1O. The molecule has 108 valence electrons. The number of methoxy groups -OCH3 is 1. The predicted molar refractivity (Wildman–Crippen MR) is 66.3 cm³/mol. The van der Waals surface area contributed by atoms with E-state index in [4.69, 9.17) is 14.2 Å². The molecule has 1 unspecified atom stereocenters. The van der Waals surface area contributed by atoms with Gasteiger partial charge in [0.15, 0.2) is 6.29 Å². The first-order chi connectivity index (χ1) is 8.60. The van der Waals surface area contributed by atoms with Gasteiger partial charge in [0.25, 0.3) is 0 Å². The van der Waals surface area contributed by atoms with Crippen LogP contribution in [0, 0.1) is 0 Å². The quantitative estimate of drug-likeness (QED) is 0.512. The smallest absolute Gasteiger partial charge is 0.186 e. The molecule has 0 bridgehead atoms. The molecule has 0 amide bonds. The van der Waals surface area contributed by atoms with Gasteiger partial charge in [0.05, 0.1) is 13.2 Å². The van der Waals surface area contributed by atoms with E-state index in [0.29, 0.717) is 25.8 Å². The number of ether oxygens (including phenoxy) is 3. The molecule has 0 radical (unpaired) electrons. The zero-order chi connectivity index (χ0) is 13.5. The summed E-state index contributed by atoms with van der Waals surface area (Å²) < 4.78 is 15.6. The molecule has 6 nitrogen and oxygen atoms in total. The molecule has 1 saturated heterocycles. The van der Waals surface area contributed by atoms with Crippen molar-refractivity contribution in [1.82, 2.24) is 5.32 Å². The number of aliphatic hydroxyl groups is 2. The van der Waals surface area contributed by atoms with Crippen LogP contribution >= 0.6 is 0 Å². The fourth-order valence-electron chi connectivity index (χ4n) is 1.73. The highest BCUT2D eigenvalue weighted by Gasteiger charge is 2.43. The second-order valence-electron chi connectivity index (χ2n) is 4.61. The average molecular weight is 263 g/mol. The van der Waals surface area contributed by atoms with E-state index in [1.165, 1.54) is 0 Å². The highest BCUT2D eigenvalue weighted by Crippen LogP contribution is 2.21. The van der Waals surface area contributed by atoms with Gasteiger partial charge in [-0.25, -0.2) is 0 Å². The van der Waals surface area contributed by atoms with Crippen molar-refractivity contribution in [3.05, 3.63) is 0 Å². The number of nitrogens with one attached hydrogen (secondary N) is 1. The van der Waals surface area contributed by atoms with Gasteiger partial charge < -0.3 is 29.7 Å². The summed E-state index contributed by atoms with van der Waals surface area (Å²) in [5.74, 6) is 0. The summed E-state index contributed by atoms with van der Waals surface area (Å²) in [5.41, 5.74) is 0. The minimum absolute atomic E-state index is 0.330. The summed E-state index contributed by atoms with van der Waals surface area (Å²) in [6.07, 6.45) is -2.15. The molecule has 5 atom stereocenters. The van der Waals surface area contributed by atoms with Gasteiger partial charge in [-0.3, -0.25) is 0 Å². The fraction of sp³-hybridized carbons (Fsp3) is 1.00. The molecule has 3 N–H and O–H groups in total. The van der Waals surface area contributed by atoms with E-state index in [0.717, 1.165) is 6.42 Å². The molecule has 6 heteroatoms. The van der Waals surface area contributed by atoms with Crippen LogP contribution in [0.25, 0.3) is 0 Å². The maximum atomic E-state index is 9.84. The van der Waals surface area contributed by atoms with E-state index in [9.17, 15) is 10.2 Å². The van der Waals surface area contributed by atoms with Crippen LogP contribution in [-0.4, -0.2) is 67.7 Å². The minimum atomic E-state index is -1.01. The average Bonchev–Trinajstić information content (AvgIpc) is 2.64. The molecule has 0 aromatic rings. The van der Waals surface area contributed by atoms with Gasteiger partial charge in [-0.05, 0) is 13.3 Å². The Morgan fingerprint density at radius 3 is 2.61 bits per heavy atom. The van der Waals surface area contributed by atoms with Crippen LogP contribution in [0.2, 0.25) is 0 Å². The van der Waals surface area contributed by atoms with Gasteiger partial charge in [-0.1, -0.05) is 6.92 Å². The lowest BCUT2D eigenvalue weighted by Crippen LogP contribution is -2.40. The summed E-state index contributed by atoms with van der Waals surface area (Å²) in [7, 11) is 1.57. The van der Waals surface area contributed by atoms with Crippen molar-refractivity contribution in [2.45, 2.75) is 50.9 Å². The molecule has 0 spiro atoms. The van der Waals surface area contributed by atoms with E-state index >= 15 is 0 Å². The molecule has 1 aliphatic rings. The highest BCUT2D eigenvalue weighted by atomic mass is 16.7. The Hall–Kier alpha value is -0.240. The second kappa shape index (κ2) is 8.04. The van der Waals surface area contributed by atoms with Gasteiger partial charge in [-0.15, -0.1) is 0 Å². The number of rotatable bonds is 8. The van der Waals surface area contributed by atoms with Crippen molar-refractivity contribution in [3.8, 4) is 0 Å². The molecule has 18 heavy (non-hydrogen) atoms. The lowest BCUT2D eigenvalue weighted by molar-refractivity contribution is -0.170. The highest BCUT2D eigenvalue weighted by molar-refractivity contribution is 4.88. The normalized spacial score (nSPS) is 33.8. The van der Waals surface area contributed by atoms with Crippen LogP contribution in [0.4, 0.5) is 0 Å². The molecule has 1 heterocycles. The first-order valence-corrected chi connectivity index (χ1v) is 6.45.